The van der Waals surface area contributed by atoms with E-state index in [9.17, 15) is 23.0 Å². The molecule has 11 heteroatoms. The molecule has 2 aromatic carbocycles. The summed E-state index contributed by atoms with van der Waals surface area (Å²) in [5.41, 5.74) is 4.27. The van der Waals surface area contributed by atoms with Gasteiger partial charge in [0.05, 0.1) is 18.4 Å². The average Bonchev–Trinajstić information content (AvgIpc) is 3.22. The molecule has 4 atom stereocenters. The van der Waals surface area contributed by atoms with Crippen LogP contribution in [0.3, 0.4) is 0 Å². The molecule has 0 saturated heterocycles. The summed E-state index contributed by atoms with van der Waals surface area (Å²) in [6.45, 7) is -0.832. The van der Waals surface area contributed by atoms with Crippen molar-refractivity contribution < 1.29 is 27.4 Å². The molecule has 0 amide bonds. The number of aliphatic hydroxyl groups is 2. The van der Waals surface area contributed by atoms with E-state index in [-0.39, 0.29) is 17.8 Å². The zero-order valence-corrected chi connectivity index (χ0v) is 18.7. The lowest BCUT2D eigenvalue weighted by Crippen LogP contribution is -2.45. The molecule has 0 aliphatic heterocycles. The Hall–Kier alpha value is -1.38. The molecule has 0 bridgehead atoms. The molecule has 4 unspecified atom stereocenters. The van der Waals surface area contributed by atoms with Crippen molar-refractivity contribution in [2.75, 3.05) is 11.9 Å². The molecular weight excluding hydrogens is 531 g/mol. The van der Waals surface area contributed by atoms with Crippen LogP contribution in [0, 0.1) is 9.39 Å². The highest BCUT2D eigenvalue weighted by Gasteiger charge is 2.85. The molecular formula is C19H22F2IN3O4S. The molecule has 7 nitrogen and oxygen atoms in total. The minimum atomic E-state index is -4.64. The number of anilines is 1. The summed E-state index contributed by atoms with van der Waals surface area (Å²) in [6, 6.07) is 10.5. The lowest BCUT2D eigenvalue weighted by atomic mass is 9.93. The van der Waals surface area contributed by atoms with Crippen LogP contribution in [0.25, 0.3) is 0 Å². The van der Waals surface area contributed by atoms with Gasteiger partial charge in [-0.05, 0) is 51.9 Å². The molecule has 1 fully saturated rings. The van der Waals surface area contributed by atoms with Gasteiger partial charge in [0.15, 0.2) is 10.9 Å². The molecule has 0 aromatic heterocycles. The Morgan fingerprint density at radius 2 is 1.93 bits per heavy atom. The van der Waals surface area contributed by atoms with Crippen LogP contribution < -0.4 is 16.2 Å². The van der Waals surface area contributed by atoms with E-state index in [0.717, 1.165) is 0 Å². The van der Waals surface area contributed by atoms with Crippen LogP contribution in [-0.4, -0.2) is 42.3 Å². The summed E-state index contributed by atoms with van der Waals surface area (Å²) in [4.78, 5) is 0. The van der Waals surface area contributed by atoms with Crippen LogP contribution in [0.15, 0.2) is 42.5 Å². The lowest BCUT2D eigenvalue weighted by molar-refractivity contribution is 0.0830. The molecule has 1 aliphatic rings. The van der Waals surface area contributed by atoms with Gasteiger partial charge in [0.1, 0.15) is 11.4 Å². The number of halogens is 3. The van der Waals surface area contributed by atoms with Gasteiger partial charge in [-0.15, -0.1) is 0 Å². The quantitative estimate of drug-likeness (QED) is 0.313. The highest BCUT2D eigenvalue weighted by atomic mass is 127. The van der Waals surface area contributed by atoms with Gasteiger partial charge in [-0.3, -0.25) is 0 Å². The van der Waals surface area contributed by atoms with Gasteiger partial charge < -0.3 is 21.3 Å². The maximum Gasteiger partial charge on any atom is 0.220 e. The topological polar surface area (TPSA) is 139 Å². The van der Waals surface area contributed by atoms with E-state index in [1.807, 2.05) is 22.6 Å². The lowest BCUT2D eigenvalue weighted by Gasteiger charge is -2.28. The number of benzene rings is 2. The van der Waals surface area contributed by atoms with Crippen LogP contribution in [0.5, 0.6) is 0 Å². The molecule has 0 heterocycles. The summed E-state index contributed by atoms with van der Waals surface area (Å²) in [6.07, 6.45) is -4.40. The predicted octanol–water partition coefficient (Wildman–Crippen LogP) is 1.32. The normalized spacial score (nSPS) is 27.0. The van der Waals surface area contributed by atoms with E-state index in [4.69, 9.17) is 10.9 Å². The van der Waals surface area contributed by atoms with Crippen LogP contribution in [-0.2, 0) is 22.1 Å². The fraction of sp³-hybridized carbons (Fsp3) is 0.368. The van der Waals surface area contributed by atoms with Crippen molar-refractivity contribution in [2.24, 2.45) is 10.9 Å². The number of nitrogens with one attached hydrogen (secondary N) is 1. The molecule has 0 radical (unpaired) electrons. The Kier molecular flexibility index (Phi) is 6.43. The van der Waals surface area contributed by atoms with Gasteiger partial charge in [0.25, 0.3) is 0 Å². The van der Waals surface area contributed by atoms with Crippen LogP contribution in [0.1, 0.15) is 17.5 Å². The number of aliphatic hydroxyl groups excluding tert-OH is 2. The van der Waals surface area contributed by atoms with Crippen molar-refractivity contribution in [3.8, 4) is 0 Å². The Labute approximate surface area is 186 Å². The first-order chi connectivity index (χ1) is 14.0. The number of nitrogens with two attached hydrogens (primary N) is 2. The third-order valence-corrected chi connectivity index (χ3v) is 7.94. The van der Waals surface area contributed by atoms with Gasteiger partial charge in [-0.1, -0.05) is 24.3 Å². The summed E-state index contributed by atoms with van der Waals surface area (Å²) in [5.74, 6) is -0.711. The predicted molar refractivity (Wildman–Crippen MR) is 117 cm³/mol. The monoisotopic (exact) mass is 553 g/mol. The number of hydrogen-bond acceptors (Lipinski definition) is 6. The maximum absolute atomic E-state index is 15.8. The fourth-order valence-corrected chi connectivity index (χ4v) is 6.11. The second kappa shape index (κ2) is 8.28. The largest absolute Gasteiger partial charge is 0.394 e. The van der Waals surface area contributed by atoms with Crippen molar-refractivity contribution in [1.82, 2.24) is 0 Å². The van der Waals surface area contributed by atoms with Crippen molar-refractivity contribution in [3.63, 3.8) is 0 Å². The van der Waals surface area contributed by atoms with E-state index in [1.165, 1.54) is 18.2 Å². The highest BCUT2D eigenvalue weighted by Crippen LogP contribution is 2.66. The minimum Gasteiger partial charge on any atom is -0.394 e. The molecule has 1 aliphatic carbocycles. The van der Waals surface area contributed by atoms with Crippen molar-refractivity contribution in [3.05, 3.63) is 63.0 Å². The number of sulfonamides is 1. The number of alkyl halides is 1. The molecule has 164 valence electrons. The third kappa shape index (κ3) is 3.50. The molecule has 3 rings (SSSR count). The maximum atomic E-state index is 15.8. The summed E-state index contributed by atoms with van der Waals surface area (Å²) in [5, 5.41) is 27.5. The second-order valence-corrected chi connectivity index (χ2v) is 10.3. The molecule has 0 spiro atoms. The van der Waals surface area contributed by atoms with E-state index in [2.05, 4.69) is 5.32 Å². The van der Waals surface area contributed by atoms with E-state index < -0.39 is 51.4 Å². The van der Waals surface area contributed by atoms with Crippen LogP contribution >= 0.6 is 22.6 Å². The minimum absolute atomic E-state index is 0.0370. The second-order valence-electron chi connectivity index (χ2n) is 7.26. The van der Waals surface area contributed by atoms with Crippen LogP contribution in [0.4, 0.5) is 14.5 Å². The van der Waals surface area contributed by atoms with Gasteiger partial charge in [-0.2, -0.15) is 0 Å². The SMILES string of the molecule is NCc1ccccc1C1(Nc2ccc(I)cc2F)C(F)C1(CC(O)CO)S(N)(=O)=O. The third-order valence-electron chi connectivity index (χ3n) is 5.56. The first-order valence-electron chi connectivity index (χ1n) is 9.02. The van der Waals surface area contributed by atoms with Crippen molar-refractivity contribution in [2.45, 2.75) is 35.5 Å². The molecule has 7 N–H and O–H groups in total. The van der Waals surface area contributed by atoms with Gasteiger partial charge in [0, 0.05) is 16.5 Å². The zero-order chi connectivity index (χ0) is 22.3. The summed E-state index contributed by atoms with van der Waals surface area (Å²) < 4.78 is 54.0. The Morgan fingerprint density at radius 1 is 1.27 bits per heavy atom. The van der Waals surface area contributed by atoms with Crippen molar-refractivity contribution >= 4 is 38.3 Å². The van der Waals surface area contributed by atoms with Crippen molar-refractivity contribution in [1.29, 1.82) is 0 Å². The Morgan fingerprint density at radius 3 is 2.50 bits per heavy atom. The molecule has 30 heavy (non-hydrogen) atoms. The smallest absolute Gasteiger partial charge is 0.220 e. The van der Waals surface area contributed by atoms with Gasteiger partial charge >= 0.3 is 0 Å². The highest BCUT2D eigenvalue weighted by molar-refractivity contribution is 14.1. The zero-order valence-electron chi connectivity index (χ0n) is 15.7. The van der Waals surface area contributed by atoms with Gasteiger partial charge in [0.2, 0.25) is 10.0 Å². The van der Waals surface area contributed by atoms with E-state index in [1.54, 1.807) is 24.3 Å². The Balaban J connectivity index is 2.28. The standard InChI is InChI=1S/C19H22F2IN3O4S/c20-15-7-12(22)5-6-16(15)25-19(14-4-2-1-3-11(14)9-23)17(21)18(19,30(24,28)29)8-13(27)10-26/h1-7,13,17,25-27H,8-10,23H2,(H2,24,28,29). The number of primary sulfonamides is 1. The van der Waals surface area contributed by atoms with E-state index >= 15 is 4.39 Å². The summed E-state index contributed by atoms with van der Waals surface area (Å²) >= 11 is 1.91. The number of rotatable bonds is 8. The summed E-state index contributed by atoms with van der Waals surface area (Å²) in [7, 11) is -4.64. The fourth-order valence-electron chi connectivity index (χ4n) is 4.11. The van der Waals surface area contributed by atoms with Gasteiger partial charge in [-0.25, -0.2) is 22.3 Å². The first-order valence-corrected chi connectivity index (χ1v) is 11.6. The first kappa shape index (κ1) is 23.3. The van der Waals surface area contributed by atoms with E-state index in [0.29, 0.717) is 9.13 Å². The van der Waals surface area contributed by atoms with Crippen LogP contribution in [0.2, 0.25) is 0 Å². The Bertz CT molecular complexity index is 1060. The molecule has 1 saturated carbocycles. The number of hydrogen-bond donors (Lipinski definition) is 5. The average molecular weight is 553 g/mol. The molecule has 2 aromatic rings.